The van der Waals surface area contributed by atoms with Crippen LogP contribution in [0.15, 0.2) is 85.2 Å². The van der Waals surface area contributed by atoms with Gasteiger partial charge in [0.15, 0.2) is 0 Å². The first-order valence-electron chi connectivity index (χ1n) is 13.5. The lowest BCUT2D eigenvalue weighted by molar-refractivity contribution is -0.123. The number of hydrogen-bond acceptors (Lipinski definition) is 8. The Bertz CT molecular complexity index is 1640. The van der Waals surface area contributed by atoms with E-state index in [0.717, 1.165) is 11.1 Å². The maximum atomic E-state index is 14.3. The van der Waals surface area contributed by atoms with Gasteiger partial charge in [-0.3, -0.25) is 14.7 Å². The summed E-state index contributed by atoms with van der Waals surface area (Å²) in [5, 5.41) is 9.57. The molecule has 2 fully saturated rings. The third-order valence-corrected chi connectivity index (χ3v) is 7.85. The van der Waals surface area contributed by atoms with E-state index in [9.17, 15) is 19.5 Å². The molecule has 1 N–H and O–H groups in total. The lowest BCUT2D eigenvalue weighted by Gasteiger charge is -2.41. The minimum atomic E-state index is -1.22. The Labute approximate surface area is 242 Å². The van der Waals surface area contributed by atoms with Crippen LogP contribution in [-0.2, 0) is 11.3 Å². The molecule has 2 aromatic heterocycles. The molecular formula is C31H28N6O5. The number of rotatable bonds is 7. The molecule has 4 aromatic rings. The number of carbonyl (C=O) groups excluding carboxylic acids is 2. The fourth-order valence-electron chi connectivity index (χ4n) is 5.65. The van der Waals surface area contributed by atoms with Crippen LogP contribution in [0.25, 0.3) is 11.1 Å². The quantitative estimate of drug-likeness (QED) is 0.328. The number of amides is 3. The average Bonchev–Trinajstić information content (AvgIpc) is 3.24. The normalized spacial score (nSPS) is 16.7. The van der Waals surface area contributed by atoms with Crippen molar-refractivity contribution < 1.29 is 24.2 Å². The molecule has 0 atom stereocenters. The SMILES string of the molecule is COc1ccnc(N2C(=O)N(c3ccc(-c4ccccc4)cc3)C(=O)C23CCN(Cc2ncccc2C(=O)O)CC3)n1. The van der Waals surface area contributed by atoms with Crippen molar-refractivity contribution >= 4 is 29.5 Å². The summed E-state index contributed by atoms with van der Waals surface area (Å²) in [6.45, 7) is 1.16. The Morgan fingerprint density at radius 1 is 0.905 bits per heavy atom. The topological polar surface area (TPSA) is 129 Å². The molecule has 0 unspecified atom stereocenters. The maximum Gasteiger partial charge on any atom is 0.339 e. The molecule has 2 aromatic carbocycles. The van der Waals surface area contributed by atoms with Crippen LogP contribution in [0.2, 0.25) is 0 Å². The lowest BCUT2D eigenvalue weighted by atomic mass is 9.85. The van der Waals surface area contributed by atoms with Crippen molar-refractivity contribution in [3.05, 3.63) is 96.4 Å². The van der Waals surface area contributed by atoms with Gasteiger partial charge >= 0.3 is 12.0 Å². The van der Waals surface area contributed by atoms with Gasteiger partial charge in [-0.25, -0.2) is 24.4 Å². The fourth-order valence-corrected chi connectivity index (χ4v) is 5.65. The Hall–Kier alpha value is -5.16. The molecule has 6 rings (SSSR count). The Morgan fingerprint density at radius 2 is 1.62 bits per heavy atom. The molecule has 11 heteroatoms. The fraction of sp³-hybridized carbons (Fsp3) is 0.226. The number of carboxylic acids is 1. The predicted molar refractivity (Wildman–Crippen MR) is 154 cm³/mol. The van der Waals surface area contributed by atoms with Crippen LogP contribution in [-0.4, -0.2) is 68.6 Å². The third-order valence-electron chi connectivity index (χ3n) is 7.85. The van der Waals surface area contributed by atoms with E-state index in [0.29, 0.717) is 43.9 Å². The largest absolute Gasteiger partial charge is 0.481 e. The van der Waals surface area contributed by atoms with E-state index in [-0.39, 0.29) is 23.3 Å². The molecule has 2 saturated heterocycles. The molecule has 3 amide bonds. The number of pyridine rings is 1. The van der Waals surface area contributed by atoms with Crippen LogP contribution < -0.4 is 14.5 Å². The number of urea groups is 1. The van der Waals surface area contributed by atoms with Gasteiger partial charge in [-0.1, -0.05) is 42.5 Å². The molecule has 2 aliphatic rings. The van der Waals surface area contributed by atoms with Crippen LogP contribution in [0, 0.1) is 0 Å². The Balaban J connectivity index is 1.32. The van der Waals surface area contributed by atoms with E-state index < -0.39 is 17.5 Å². The second-order valence-electron chi connectivity index (χ2n) is 10.2. The van der Waals surface area contributed by atoms with Crippen molar-refractivity contribution in [3.63, 3.8) is 0 Å². The highest BCUT2D eigenvalue weighted by molar-refractivity contribution is 6.30. The third kappa shape index (κ3) is 4.73. The van der Waals surface area contributed by atoms with Gasteiger partial charge in [-0.15, -0.1) is 0 Å². The predicted octanol–water partition coefficient (Wildman–Crippen LogP) is 4.25. The first-order valence-corrected chi connectivity index (χ1v) is 13.5. The number of piperidine rings is 1. The molecule has 11 nitrogen and oxygen atoms in total. The highest BCUT2D eigenvalue weighted by Crippen LogP contribution is 2.42. The van der Waals surface area contributed by atoms with Crippen LogP contribution >= 0.6 is 0 Å². The van der Waals surface area contributed by atoms with E-state index in [1.54, 1.807) is 30.5 Å². The number of nitrogens with zero attached hydrogens (tertiary/aromatic N) is 6. The zero-order valence-corrected chi connectivity index (χ0v) is 22.9. The first-order chi connectivity index (χ1) is 20.4. The molecule has 0 bridgehead atoms. The van der Waals surface area contributed by atoms with E-state index in [4.69, 9.17) is 4.74 Å². The van der Waals surface area contributed by atoms with E-state index in [2.05, 4.69) is 15.0 Å². The summed E-state index contributed by atoms with van der Waals surface area (Å²) in [5.41, 5.74) is 1.81. The highest BCUT2D eigenvalue weighted by Gasteiger charge is 2.60. The average molecular weight is 565 g/mol. The van der Waals surface area contributed by atoms with Gasteiger partial charge in [0, 0.05) is 38.1 Å². The molecule has 4 heterocycles. The number of aromatic carboxylic acids is 1. The molecule has 42 heavy (non-hydrogen) atoms. The van der Waals surface area contributed by atoms with Crippen LogP contribution in [0.1, 0.15) is 28.9 Å². The lowest BCUT2D eigenvalue weighted by Crippen LogP contribution is -2.57. The van der Waals surface area contributed by atoms with E-state index in [1.165, 1.54) is 29.2 Å². The second kappa shape index (κ2) is 11.0. The zero-order chi connectivity index (χ0) is 29.3. The van der Waals surface area contributed by atoms with Crippen molar-refractivity contribution in [1.82, 2.24) is 19.9 Å². The summed E-state index contributed by atoms with van der Waals surface area (Å²) in [7, 11) is 1.47. The number of carboxylic acid groups (broad SMARTS) is 1. The number of anilines is 2. The number of carbonyl (C=O) groups is 3. The summed E-state index contributed by atoms with van der Waals surface area (Å²) in [6, 6.07) is 21.3. The first kappa shape index (κ1) is 27.0. The van der Waals surface area contributed by atoms with E-state index >= 15 is 0 Å². The molecule has 1 spiro atoms. The monoisotopic (exact) mass is 564 g/mol. The zero-order valence-electron chi connectivity index (χ0n) is 22.9. The molecule has 212 valence electrons. The standard InChI is InChI=1S/C31H28N6O5/c1-42-26-13-17-33-29(34-26)37-30(41)36(23-11-9-22(10-12-23)21-6-3-2-4-7-21)28(40)31(37)14-18-35(19-15-31)20-25-24(27(38)39)8-5-16-32-25/h2-13,16-17H,14-15,18-20H2,1H3,(H,38,39). The second-order valence-corrected chi connectivity index (χ2v) is 10.2. The van der Waals surface area contributed by atoms with Gasteiger partial charge in [-0.05, 0) is 48.2 Å². The van der Waals surface area contributed by atoms with Gasteiger partial charge in [0.25, 0.3) is 5.91 Å². The Kier molecular flexibility index (Phi) is 7.09. The molecule has 0 aliphatic carbocycles. The van der Waals surface area contributed by atoms with Gasteiger partial charge < -0.3 is 9.84 Å². The number of ether oxygens (including phenoxy) is 1. The maximum absolute atomic E-state index is 14.3. The number of hydrogen-bond donors (Lipinski definition) is 1. The van der Waals surface area contributed by atoms with Gasteiger partial charge in [0.1, 0.15) is 5.54 Å². The summed E-state index contributed by atoms with van der Waals surface area (Å²) in [6.07, 6.45) is 3.65. The number of methoxy groups -OCH3 is 1. The molecule has 2 aliphatic heterocycles. The van der Waals surface area contributed by atoms with E-state index in [1.807, 2.05) is 47.4 Å². The summed E-state index contributed by atoms with van der Waals surface area (Å²) in [5.74, 6) is -1.04. The molecular weight excluding hydrogens is 536 g/mol. The summed E-state index contributed by atoms with van der Waals surface area (Å²) >= 11 is 0. The minimum absolute atomic E-state index is 0.0856. The van der Waals surface area contributed by atoms with Gasteiger partial charge in [0.2, 0.25) is 11.8 Å². The number of aromatic nitrogens is 3. The highest BCUT2D eigenvalue weighted by atomic mass is 16.5. The van der Waals surface area contributed by atoms with Crippen molar-refractivity contribution in [2.45, 2.75) is 24.9 Å². The van der Waals surface area contributed by atoms with Crippen molar-refractivity contribution in [2.24, 2.45) is 0 Å². The van der Waals surface area contributed by atoms with Crippen molar-refractivity contribution in [2.75, 3.05) is 30.0 Å². The smallest absolute Gasteiger partial charge is 0.339 e. The van der Waals surface area contributed by atoms with Crippen LogP contribution in [0.5, 0.6) is 5.88 Å². The van der Waals surface area contributed by atoms with Crippen molar-refractivity contribution in [3.8, 4) is 17.0 Å². The van der Waals surface area contributed by atoms with Gasteiger partial charge in [0.05, 0.1) is 24.1 Å². The molecule has 0 saturated carbocycles. The number of benzene rings is 2. The van der Waals surface area contributed by atoms with Crippen LogP contribution in [0.4, 0.5) is 16.4 Å². The summed E-state index contributed by atoms with van der Waals surface area (Å²) < 4.78 is 5.28. The minimum Gasteiger partial charge on any atom is -0.481 e. The Morgan fingerprint density at radius 3 is 2.31 bits per heavy atom. The number of imide groups is 1. The van der Waals surface area contributed by atoms with Gasteiger partial charge in [-0.2, -0.15) is 4.98 Å². The number of likely N-dealkylation sites (tertiary alicyclic amines) is 1. The molecule has 0 radical (unpaired) electrons. The van der Waals surface area contributed by atoms with Crippen LogP contribution in [0.3, 0.4) is 0 Å². The van der Waals surface area contributed by atoms with Crippen molar-refractivity contribution in [1.29, 1.82) is 0 Å². The summed E-state index contributed by atoms with van der Waals surface area (Å²) in [4.78, 5) is 57.7.